The van der Waals surface area contributed by atoms with Crippen molar-refractivity contribution in [2.45, 2.75) is 26.4 Å². The summed E-state index contributed by atoms with van der Waals surface area (Å²) >= 11 is 5.88. The van der Waals surface area contributed by atoms with Gasteiger partial charge in [-0.3, -0.25) is 4.98 Å². The molecule has 0 unspecified atom stereocenters. The lowest BCUT2D eigenvalue weighted by molar-refractivity contribution is 0.0728. The summed E-state index contributed by atoms with van der Waals surface area (Å²) < 4.78 is 5.13. The van der Waals surface area contributed by atoms with Crippen molar-refractivity contribution in [3.8, 4) is 5.75 Å². The van der Waals surface area contributed by atoms with Gasteiger partial charge in [-0.2, -0.15) is 0 Å². The van der Waals surface area contributed by atoms with Gasteiger partial charge in [-0.05, 0) is 20.8 Å². The largest absolute Gasteiger partial charge is 0.495 e. The van der Waals surface area contributed by atoms with Gasteiger partial charge in [-0.25, -0.2) is 0 Å². The molecule has 0 atom stereocenters. The lowest BCUT2D eigenvalue weighted by atomic mass is 10.00. The summed E-state index contributed by atoms with van der Waals surface area (Å²) in [4.78, 5) is 4.10. The quantitative estimate of drug-likeness (QED) is 0.823. The van der Waals surface area contributed by atoms with E-state index in [9.17, 15) is 5.11 Å². The Balaban J connectivity index is 3.36. The fourth-order valence-corrected chi connectivity index (χ4v) is 1.70. The van der Waals surface area contributed by atoms with Crippen molar-refractivity contribution < 1.29 is 9.84 Å². The van der Waals surface area contributed by atoms with E-state index in [4.69, 9.17) is 16.3 Å². The molecule has 1 heterocycles. The van der Waals surface area contributed by atoms with Crippen molar-refractivity contribution in [2.24, 2.45) is 0 Å². The Morgan fingerprint density at radius 1 is 1.50 bits per heavy atom. The van der Waals surface area contributed by atoms with Crippen LogP contribution in [0.5, 0.6) is 5.75 Å². The number of rotatable bonds is 2. The molecular weight excluding hydrogens is 202 g/mol. The van der Waals surface area contributed by atoms with Gasteiger partial charge in [0.05, 0.1) is 12.8 Å². The Hall–Kier alpha value is -0.800. The Kier molecular flexibility index (Phi) is 3.02. The number of hydrogen-bond donors (Lipinski definition) is 1. The second-order valence-electron chi connectivity index (χ2n) is 3.67. The molecular formula is C10H14ClNO2. The smallest absolute Gasteiger partial charge is 0.143 e. The molecule has 0 aromatic carbocycles. The first-order valence-electron chi connectivity index (χ1n) is 4.30. The summed E-state index contributed by atoms with van der Waals surface area (Å²) in [6.07, 6.45) is 1.49. The molecule has 0 aliphatic rings. The van der Waals surface area contributed by atoms with E-state index in [-0.39, 0.29) is 0 Å². The van der Waals surface area contributed by atoms with E-state index in [1.807, 2.05) is 6.92 Å². The van der Waals surface area contributed by atoms with Crippen LogP contribution in [0.25, 0.3) is 0 Å². The molecule has 0 spiro atoms. The Labute approximate surface area is 88.7 Å². The number of halogens is 1. The first-order chi connectivity index (χ1) is 6.38. The fourth-order valence-electron chi connectivity index (χ4n) is 1.43. The second-order valence-corrected chi connectivity index (χ2v) is 4.08. The van der Waals surface area contributed by atoms with Gasteiger partial charge in [0.1, 0.15) is 16.4 Å². The summed E-state index contributed by atoms with van der Waals surface area (Å²) in [5.41, 5.74) is 0.369. The third kappa shape index (κ3) is 1.99. The Bertz CT molecular complexity index is 345. The number of pyridine rings is 1. The van der Waals surface area contributed by atoms with E-state index in [0.717, 1.165) is 5.56 Å². The van der Waals surface area contributed by atoms with Crippen LogP contribution in [0.4, 0.5) is 0 Å². The highest BCUT2D eigenvalue weighted by atomic mass is 35.5. The van der Waals surface area contributed by atoms with Gasteiger partial charge in [0.25, 0.3) is 0 Å². The van der Waals surface area contributed by atoms with Gasteiger partial charge in [0.2, 0.25) is 0 Å². The maximum Gasteiger partial charge on any atom is 0.143 e. The SMILES string of the molecule is COc1c(Cl)cnc(C(C)(C)O)c1C. The van der Waals surface area contributed by atoms with Crippen LogP contribution < -0.4 is 4.74 Å². The van der Waals surface area contributed by atoms with Crippen LogP contribution in [0, 0.1) is 6.92 Å². The van der Waals surface area contributed by atoms with Crippen molar-refractivity contribution in [2.75, 3.05) is 7.11 Å². The topological polar surface area (TPSA) is 42.4 Å². The zero-order valence-electron chi connectivity index (χ0n) is 8.76. The predicted octanol–water partition coefficient (Wildman–Crippen LogP) is 2.28. The van der Waals surface area contributed by atoms with E-state index >= 15 is 0 Å². The monoisotopic (exact) mass is 215 g/mol. The van der Waals surface area contributed by atoms with Gasteiger partial charge in [-0.1, -0.05) is 11.6 Å². The molecule has 3 nitrogen and oxygen atoms in total. The molecule has 1 aromatic heterocycles. The van der Waals surface area contributed by atoms with Crippen molar-refractivity contribution in [1.82, 2.24) is 4.98 Å². The average Bonchev–Trinajstić information content (AvgIpc) is 2.02. The number of nitrogens with zero attached hydrogens (tertiary/aromatic N) is 1. The predicted molar refractivity (Wildman–Crippen MR) is 55.8 cm³/mol. The molecule has 1 rings (SSSR count). The molecule has 0 saturated carbocycles. The normalized spacial score (nSPS) is 11.6. The van der Waals surface area contributed by atoms with Crippen LogP contribution in [-0.2, 0) is 5.60 Å². The summed E-state index contributed by atoms with van der Waals surface area (Å²) in [5.74, 6) is 0.568. The molecule has 0 aliphatic heterocycles. The molecule has 1 aromatic rings. The van der Waals surface area contributed by atoms with Crippen LogP contribution in [0.2, 0.25) is 5.02 Å². The van der Waals surface area contributed by atoms with E-state index in [2.05, 4.69) is 4.98 Å². The zero-order chi connectivity index (χ0) is 10.9. The van der Waals surface area contributed by atoms with Crippen molar-refractivity contribution >= 4 is 11.6 Å². The molecule has 4 heteroatoms. The zero-order valence-corrected chi connectivity index (χ0v) is 9.51. The highest BCUT2D eigenvalue weighted by molar-refractivity contribution is 6.32. The van der Waals surface area contributed by atoms with Gasteiger partial charge < -0.3 is 9.84 Å². The first kappa shape index (κ1) is 11.3. The van der Waals surface area contributed by atoms with E-state index < -0.39 is 5.60 Å². The number of ether oxygens (including phenoxy) is 1. The number of methoxy groups -OCH3 is 1. The minimum atomic E-state index is -0.984. The lowest BCUT2D eigenvalue weighted by Gasteiger charge is -2.20. The third-order valence-corrected chi connectivity index (χ3v) is 2.27. The standard InChI is InChI=1S/C10H14ClNO2/c1-6-8(14-4)7(11)5-12-9(6)10(2,3)13/h5,13H,1-4H3. The van der Waals surface area contributed by atoms with E-state index in [1.165, 1.54) is 6.20 Å². The summed E-state index contributed by atoms with van der Waals surface area (Å²) in [6, 6.07) is 0. The maximum atomic E-state index is 9.82. The van der Waals surface area contributed by atoms with Crippen molar-refractivity contribution in [1.29, 1.82) is 0 Å². The minimum Gasteiger partial charge on any atom is -0.495 e. The van der Waals surface area contributed by atoms with Crippen LogP contribution in [0.3, 0.4) is 0 Å². The van der Waals surface area contributed by atoms with Gasteiger partial charge in [0.15, 0.2) is 0 Å². The average molecular weight is 216 g/mol. The molecule has 0 aliphatic carbocycles. The molecule has 0 radical (unpaired) electrons. The molecule has 0 amide bonds. The second kappa shape index (κ2) is 3.75. The number of aromatic nitrogens is 1. The molecule has 14 heavy (non-hydrogen) atoms. The minimum absolute atomic E-state index is 0.456. The van der Waals surface area contributed by atoms with Gasteiger partial charge >= 0.3 is 0 Å². The molecule has 0 saturated heterocycles. The molecule has 0 bridgehead atoms. The van der Waals surface area contributed by atoms with Crippen molar-refractivity contribution in [3.05, 3.63) is 22.5 Å². The van der Waals surface area contributed by atoms with Crippen LogP contribution in [0.1, 0.15) is 25.1 Å². The maximum absolute atomic E-state index is 9.82. The van der Waals surface area contributed by atoms with Crippen LogP contribution >= 0.6 is 11.6 Å². The Morgan fingerprint density at radius 3 is 2.50 bits per heavy atom. The van der Waals surface area contributed by atoms with Crippen LogP contribution in [0.15, 0.2) is 6.20 Å². The summed E-state index contributed by atoms with van der Waals surface area (Å²) in [7, 11) is 1.54. The molecule has 78 valence electrons. The Morgan fingerprint density at radius 2 is 2.07 bits per heavy atom. The van der Waals surface area contributed by atoms with Gasteiger partial charge in [0, 0.05) is 11.8 Å². The lowest BCUT2D eigenvalue weighted by Crippen LogP contribution is -2.19. The first-order valence-corrected chi connectivity index (χ1v) is 4.67. The van der Waals surface area contributed by atoms with E-state index in [1.54, 1.807) is 21.0 Å². The number of aliphatic hydroxyl groups is 1. The van der Waals surface area contributed by atoms with E-state index in [0.29, 0.717) is 16.5 Å². The third-order valence-electron chi connectivity index (χ3n) is 2.00. The molecule has 0 fully saturated rings. The van der Waals surface area contributed by atoms with Crippen molar-refractivity contribution in [3.63, 3.8) is 0 Å². The summed E-state index contributed by atoms with van der Waals surface area (Å²) in [5, 5.41) is 10.3. The number of hydrogen-bond acceptors (Lipinski definition) is 3. The highest BCUT2D eigenvalue weighted by Gasteiger charge is 2.23. The highest BCUT2D eigenvalue weighted by Crippen LogP contribution is 2.33. The van der Waals surface area contributed by atoms with Gasteiger partial charge in [-0.15, -0.1) is 0 Å². The van der Waals surface area contributed by atoms with Crippen LogP contribution in [-0.4, -0.2) is 17.2 Å². The summed E-state index contributed by atoms with van der Waals surface area (Å²) in [6.45, 7) is 5.18. The molecule has 1 N–H and O–H groups in total. The fraction of sp³-hybridized carbons (Fsp3) is 0.500.